The van der Waals surface area contributed by atoms with Crippen molar-refractivity contribution in [3.63, 3.8) is 0 Å². The second kappa shape index (κ2) is 3.01. The van der Waals surface area contributed by atoms with E-state index in [0.717, 1.165) is 5.56 Å². The Kier molecular flexibility index (Phi) is 2.05. The third kappa shape index (κ3) is 1.90. The molecule has 1 aromatic rings. The predicted molar refractivity (Wildman–Crippen MR) is 38.4 cm³/mol. The highest BCUT2D eigenvalue weighted by atomic mass is 16.3. The van der Waals surface area contributed by atoms with E-state index >= 15 is 0 Å². The Bertz CT molecular complexity index is 232. The molecular weight excluding hydrogens is 128 g/mol. The van der Waals surface area contributed by atoms with Crippen LogP contribution in [0.3, 0.4) is 0 Å². The Balaban J connectivity index is 2.64. The molecule has 0 atom stereocenters. The molecule has 1 rings (SSSR count). The summed E-state index contributed by atoms with van der Waals surface area (Å²) in [5.74, 6) is 0.0428. The standard InChI is InChI=1S/C8H8O2/c1-7(9)2-3-8-4-5-10-6-8/h2-6H,1H3/b3-2-. The quantitative estimate of drug-likeness (QED) is 0.581. The van der Waals surface area contributed by atoms with Crippen LogP contribution in [0, 0.1) is 0 Å². The van der Waals surface area contributed by atoms with Crippen LogP contribution in [0.4, 0.5) is 0 Å². The fourth-order valence-corrected chi connectivity index (χ4v) is 0.583. The summed E-state index contributed by atoms with van der Waals surface area (Å²) in [5.41, 5.74) is 0.912. The summed E-state index contributed by atoms with van der Waals surface area (Å²) < 4.78 is 4.78. The van der Waals surface area contributed by atoms with Gasteiger partial charge in [-0.25, -0.2) is 0 Å². The molecule has 2 nitrogen and oxygen atoms in total. The first-order valence-corrected chi connectivity index (χ1v) is 3.00. The first kappa shape index (κ1) is 6.81. The molecule has 0 bridgehead atoms. The highest BCUT2D eigenvalue weighted by molar-refractivity contribution is 5.91. The van der Waals surface area contributed by atoms with Gasteiger partial charge in [-0.1, -0.05) is 0 Å². The molecule has 0 aromatic carbocycles. The van der Waals surface area contributed by atoms with E-state index in [1.807, 2.05) is 0 Å². The van der Waals surface area contributed by atoms with Crippen molar-refractivity contribution >= 4 is 11.9 Å². The second-order valence-electron chi connectivity index (χ2n) is 2.00. The van der Waals surface area contributed by atoms with Gasteiger partial charge >= 0.3 is 0 Å². The van der Waals surface area contributed by atoms with Crippen molar-refractivity contribution in [2.45, 2.75) is 6.92 Å². The van der Waals surface area contributed by atoms with E-state index in [9.17, 15) is 4.79 Å². The van der Waals surface area contributed by atoms with E-state index in [0.29, 0.717) is 0 Å². The van der Waals surface area contributed by atoms with Crippen molar-refractivity contribution < 1.29 is 9.21 Å². The van der Waals surface area contributed by atoms with Crippen molar-refractivity contribution in [1.82, 2.24) is 0 Å². The van der Waals surface area contributed by atoms with Crippen LogP contribution in [0.5, 0.6) is 0 Å². The fraction of sp³-hybridized carbons (Fsp3) is 0.125. The molecule has 1 aromatic heterocycles. The number of hydrogen-bond acceptors (Lipinski definition) is 2. The van der Waals surface area contributed by atoms with Gasteiger partial charge in [0.25, 0.3) is 0 Å². The highest BCUT2D eigenvalue weighted by Gasteiger charge is 1.86. The molecule has 0 N–H and O–H groups in total. The van der Waals surface area contributed by atoms with Crippen LogP contribution < -0.4 is 0 Å². The normalized spacial score (nSPS) is 10.5. The minimum Gasteiger partial charge on any atom is -0.472 e. The van der Waals surface area contributed by atoms with Crippen molar-refractivity contribution in [2.24, 2.45) is 0 Å². The molecule has 0 spiro atoms. The van der Waals surface area contributed by atoms with Gasteiger partial charge in [-0.05, 0) is 25.1 Å². The molecule has 0 radical (unpaired) electrons. The summed E-state index contributed by atoms with van der Waals surface area (Å²) in [5, 5.41) is 0. The lowest BCUT2D eigenvalue weighted by atomic mass is 10.3. The fourth-order valence-electron chi connectivity index (χ4n) is 0.583. The summed E-state index contributed by atoms with van der Waals surface area (Å²) in [4.78, 5) is 10.4. The minimum atomic E-state index is 0.0428. The lowest BCUT2D eigenvalue weighted by molar-refractivity contribution is -0.112. The molecule has 0 saturated heterocycles. The smallest absolute Gasteiger partial charge is 0.152 e. The molecule has 0 saturated carbocycles. The topological polar surface area (TPSA) is 30.2 Å². The van der Waals surface area contributed by atoms with Gasteiger partial charge in [-0.3, -0.25) is 4.79 Å². The SMILES string of the molecule is CC(=O)/C=C\c1ccoc1. The number of allylic oxidation sites excluding steroid dienone is 1. The zero-order valence-electron chi connectivity index (χ0n) is 5.70. The van der Waals surface area contributed by atoms with E-state index in [4.69, 9.17) is 4.42 Å². The van der Waals surface area contributed by atoms with Gasteiger partial charge in [0.15, 0.2) is 5.78 Å². The number of carbonyl (C=O) groups is 1. The lowest BCUT2D eigenvalue weighted by Gasteiger charge is -1.78. The maximum Gasteiger partial charge on any atom is 0.152 e. The van der Waals surface area contributed by atoms with Crippen molar-refractivity contribution in [3.05, 3.63) is 30.2 Å². The molecule has 2 heteroatoms. The Hall–Kier alpha value is -1.31. The highest BCUT2D eigenvalue weighted by Crippen LogP contribution is 2.01. The molecule has 0 amide bonds. The predicted octanol–water partition coefficient (Wildman–Crippen LogP) is 1.88. The Morgan fingerprint density at radius 1 is 1.70 bits per heavy atom. The van der Waals surface area contributed by atoms with Crippen LogP contribution >= 0.6 is 0 Å². The molecule has 0 aliphatic rings. The van der Waals surface area contributed by atoms with Gasteiger partial charge in [-0.2, -0.15) is 0 Å². The van der Waals surface area contributed by atoms with Crippen LogP contribution in [0.2, 0.25) is 0 Å². The van der Waals surface area contributed by atoms with Crippen LogP contribution in [0.15, 0.2) is 29.1 Å². The van der Waals surface area contributed by atoms with Gasteiger partial charge in [0, 0.05) is 5.56 Å². The summed E-state index contributed by atoms with van der Waals surface area (Å²) in [6.07, 6.45) is 6.37. The van der Waals surface area contributed by atoms with E-state index in [1.54, 1.807) is 24.7 Å². The minimum absolute atomic E-state index is 0.0428. The van der Waals surface area contributed by atoms with E-state index in [-0.39, 0.29) is 5.78 Å². The van der Waals surface area contributed by atoms with Crippen molar-refractivity contribution in [1.29, 1.82) is 0 Å². The third-order valence-electron chi connectivity index (χ3n) is 1.05. The Morgan fingerprint density at radius 3 is 3.00 bits per heavy atom. The molecule has 52 valence electrons. The Morgan fingerprint density at radius 2 is 2.50 bits per heavy atom. The zero-order valence-corrected chi connectivity index (χ0v) is 5.70. The largest absolute Gasteiger partial charge is 0.472 e. The molecular formula is C8H8O2. The van der Waals surface area contributed by atoms with E-state index in [2.05, 4.69) is 0 Å². The van der Waals surface area contributed by atoms with Crippen LogP contribution in [0.25, 0.3) is 6.08 Å². The van der Waals surface area contributed by atoms with Gasteiger partial charge in [0.1, 0.15) is 0 Å². The van der Waals surface area contributed by atoms with Gasteiger partial charge in [-0.15, -0.1) is 0 Å². The molecule has 1 heterocycles. The number of carbonyl (C=O) groups excluding carboxylic acids is 1. The van der Waals surface area contributed by atoms with Crippen LogP contribution in [-0.4, -0.2) is 5.78 Å². The second-order valence-corrected chi connectivity index (χ2v) is 2.00. The number of hydrogen-bond donors (Lipinski definition) is 0. The Labute approximate surface area is 59.2 Å². The van der Waals surface area contributed by atoms with E-state index in [1.165, 1.54) is 13.0 Å². The zero-order chi connectivity index (χ0) is 7.40. The monoisotopic (exact) mass is 136 g/mol. The first-order chi connectivity index (χ1) is 4.79. The molecule has 0 aliphatic carbocycles. The summed E-state index contributed by atoms with van der Waals surface area (Å²) >= 11 is 0. The van der Waals surface area contributed by atoms with Crippen LogP contribution in [0.1, 0.15) is 12.5 Å². The van der Waals surface area contributed by atoms with Crippen molar-refractivity contribution in [3.8, 4) is 0 Å². The summed E-state index contributed by atoms with van der Waals surface area (Å²) in [6.45, 7) is 1.51. The number of ketones is 1. The van der Waals surface area contributed by atoms with Crippen LogP contribution in [-0.2, 0) is 4.79 Å². The van der Waals surface area contributed by atoms with Gasteiger partial charge in [0.2, 0.25) is 0 Å². The van der Waals surface area contributed by atoms with Gasteiger partial charge in [0.05, 0.1) is 12.5 Å². The number of furan rings is 1. The third-order valence-corrected chi connectivity index (χ3v) is 1.05. The molecule has 10 heavy (non-hydrogen) atoms. The molecule has 0 aliphatic heterocycles. The average Bonchev–Trinajstić information content (AvgIpc) is 2.34. The maximum absolute atomic E-state index is 10.4. The maximum atomic E-state index is 10.4. The lowest BCUT2D eigenvalue weighted by Crippen LogP contribution is -1.77. The van der Waals surface area contributed by atoms with E-state index < -0.39 is 0 Å². The number of rotatable bonds is 2. The summed E-state index contributed by atoms with van der Waals surface area (Å²) in [6, 6.07) is 1.79. The average molecular weight is 136 g/mol. The van der Waals surface area contributed by atoms with Gasteiger partial charge < -0.3 is 4.42 Å². The molecule has 0 unspecified atom stereocenters. The molecule has 0 fully saturated rings. The summed E-state index contributed by atoms with van der Waals surface area (Å²) in [7, 11) is 0. The first-order valence-electron chi connectivity index (χ1n) is 3.00. The van der Waals surface area contributed by atoms with Crippen molar-refractivity contribution in [2.75, 3.05) is 0 Å².